The van der Waals surface area contributed by atoms with Crippen molar-refractivity contribution in [3.8, 4) is 0 Å². The third-order valence-electron chi connectivity index (χ3n) is 4.24. The quantitative estimate of drug-likeness (QED) is 0.527. The van der Waals surface area contributed by atoms with Crippen molar-refractivity contribution in [2.75, 3.05) is 0 Å². The fourth-order valence-corrected chi connectivity index (χ4v) is 2.88. The van der Waals surface area contributed by atoms with Gasteiger partial charge in [0.15, 0.2) is 0 Å². The molecule has 0 aromatic carbocycles. The number of rotatable bonds is 8. The molecule has 1 heteroatoms. The Morgan fingerprint density at radius 3 is 2.10 bits per heavy atom. The first kappa shape index (κ1) is 17.1. The topological polar surface area (TPSA) is 20.2 Å². The van der Waals surface area contributed by atoms with E-state index in [0.717, 1.165) is 24.8 Å². The maximum atomic E-state index is 10.3. The number of hydrogen-bond donors (Lipinski definition) is 1. The molecule has 1 aliphatic rings. The van der Waals surface area contributed by atoms with Gasteiger partial charge in [-0.25, -0.2) is 0 Å². The highest BCUT2D eigenvalue weighted by atomic mass is 16.3. The summed E-state index contributed by atoms with van der Waals surface area (Å²) < 4.78 is 0. The van der Waals surface area contributed by atoms with E-state index >= 15 is 0 Å². The molecule has 0 amide bonds. The molecule has 0 aliphatic heterocycles. The van der Waals surface area contributed by atoms with Crippen LogP contribution in [-0.4, -0.2) is 5.11 Å². The van der Waals surface area contributed by atoms with Crippen LogP contribution in [0.25, 0.3) is 0 Å². The highest BCUT2D eigenvalue weighted by Crippen LogP contribution is 2.38. The van der Waals surface area contributed by atoms with Gasteiger partial charge in [-0.2, -0.15) is 0 Å². The smallest absolute Gasteiger partial charge is 0.0998 e. The Balaban J connectivity index is 3.11. The number of aliphatic hydroxyl groups is 1. The van der Waals surface area contributed by atoms with Crippen LogP contribution < -0.4 is 0 Å². The summed E-state index contributed by atoms with van der Waals surface area (Å²) in [6.07, 6.45) is 12.6. The van der Waals surface area contributed by atoms with Gasteiger partial charge in [-0.1, -0.05) is 46.1 Å². The summed E-state index contributed by atoms with van der Waals surface area (Å²) in [7, 11) is 0. The molecule has 114 valence electrons. The van der Waals surface area contributed by atoms with E-state index in [1.165, 1.54) is 49.7 Å². The van der Waals surface area contributed by atoms with Crippen LogP contribution in [0.15, 0.2) is 34.1 Å². The molecule has 1 aliphatic carbocycles. The van der Waals surface area contributed by atoms with Gasteiger partial charge in [-0.05, 0) is 61.3 Å². The largest absolute Gasteiger partial charge is 0.512 e. The molecule has 0 radical (unpaired) electrons. The second kappa shape index (κ2) is 9.05. The van der Waals surface area contributed by atoms with Gasteiger partial charge in [0.1, 0.15) is 0 Å². The Bertz CT molecular complexity index is 396. The van der Waals surface area contributed by atoms with Crippen molar-refractivity contribution in [2.24, 2.45) is 0 Å². The third-order valence-corrected chi connectivity index (χ3v) is 4.24. The predicted octanol–water partition coefficient (Wildman–Crippen LogP) is 6.63. The Morgan fingerprint density at radius 2 is 1.55 bits per heavy atom. The van der Waals surface area contributed by atoms with E-state index in [9.17, 15) is 5.11 Å². The van der Waals surface area contributed by atoms with Crippen LogP contribution in [0.3, 0.4) is 0 Å². The van der Waals surface area contributed by atoms with Gasteiger partial charge >= 0.3 is 0 Å². The summed E-state index contributed by atoms with van der Waals surface area (Å²) in [5.41, 5.74) is 5.53. The normalized spacial score (nSPS) is 18.3. The Labute approximate surface area is 125 Å². The Kier molecular flexibility index (Phi) is 7.72. The molecule has 1 nitrogen and oxygen atoms in total. The lowest BCUT2D eigenvalue weighted by molar-refractivity contribution is 0.388. The average molecular weight is 276 g/mol. The van der Waals surface area contributed by atoms with Crippen molar-refractivity contribution in [2.45, 2.75) is 85.5 Å². The first-order valence-electron chi connectivity index (χ1n) is 8.46. The van der Waals surface area contributed by atoms with Crippen molar-refractivity contribution in [3.63, 3.8) is 0 Å². The second-order valence-corrected chi connectivity index (χ2v) is 5.93. The minimum Gasteiger partial charge on any atom is -0.512 e. The van der Waals surface area contributed by atoms with Crippen LogP contribution in [0, 0.1) is 0 Å². The molecule has 1 rings (SSSR count). The summed E-state index contributed by atoms with van der Waals surface area (Å²) in [5, 5.41) is 10.3. The zero-order valence-corrected chi connectivity index (χ0v) is 13.9. The van der Waals surface area contributed by atoms with E-state index in [-0.39, 0.29) is 0 Å². The van der Waals surface area contributed by atoms with E-state index in [1.54, 1.807) is 5.57 Å². The van der Waals surface area contributed by atoms with Gasteiger partial charge in [-0.15, -0.1) is 0 Å². The third kappa shape index (κ3) is 4.54. The van der Waals surface area contributed by atoms with Crippen LogP contribution in [0.1, 0.15) is 85.5 Å². The summed E-state index contributed by atoms with van der Waals surface area (Å²) in [5.74, 6) is 0.596. The van der Waals surface area contributed by atoms with E-state index < -0.39 is 0 Å². The van der Waals surface area contributed by atoms with Gasteiger partial charge in [0.05, 0.1) is 5.76 Å². The van der Waals surface area contributed by atoms with Crippen LogP contribution in [0.5, 0.6) is 0 Å². The van der Waals surface area contributed by atoms with Crippen molar-refractivity contribution in [3.05, 3.63) is 34.1 Å². The lowest BCUT2D eigenvalue weighted by Crippen LogP contribution is -2.08. The minimum atomic E-state index is 0.596. The first-order valence-corrected chi connectivity index (χ1v) is 8.46. The monoisotopic (exact) mass is 276 g/mol. The summed E-state index contributed by atoms with van der Waals surface area (Å²) in [6, 6.07) is 0. The van der Waals surface area contributed by atoms with E-state index in [2.05, 4.69) is 33.8 Å². The van der Waals surface area contributed by atoms with Gasteiger partial charge in [-0.3, -0.25) is 0 Å². The predicted molar refractivity (Wildman–Crippen MR) is 89.0 cm³/mol. The van der Waals surface area contributed by atoms with E-state index in [4.69, 9.17) is 0 Å². The van der Waals surface area contributed by atoms with Crippen molar-refractivity contribution in [1.29, 1.82) is 0 Å². The molecule has 0 saturated heterocycles. The summed E-state index contributed by atoms with van der Waals surface area (Å²) in [6.45, 7) is 8.81. The van der Waals surface area contributed by atoms with Crippen molar-refractivity contribution >= 4 is 0 Å². The molecule has 0 aromatic heterocycles. The molecule has 0 fully saturated rings. The zero-order valence-electron chi connectivity index (χ0n) is 13.9. The SMILES string of the molecule is CCCC=C1CC(O)=C(C)C(CCCC)=C1CCCC. The van der Waals surface area contributed by atoms with E-state index in [1.807, 2.05) is 0 Å². The molecular weight excluding hydrogens is 244 g/mol. The second-order valence-electron chi connectivity index (χ2n) is 5.93. The van der Waals surface area contributed by atoms with Crippen LogP contribution in [0.2, 0.25) is 0 Å². The lowest BCUT2D eigenvalue weighted by atomic mass is 9.81. The average Bonchev–Trinajstić information content (AvgIpc) is 2.45. The van der Waals surface area contributed by atoms with E-state index in [0.29, 0.717) is 5.76 Å². The van der Waals surface area contributed by atoms with Gasteiger partial charge in [0, 0.05) is 6.42 Å². The molecular formula is C19H32O. The highest BCUT2D eigenvalue weighted by Gasteiger charge is 2.21. The van der Waals surface area contributed by atoms with Gasteiger partial charge < -0.3 is 5.11 Å². The molecule has 0 unspecified atom stereocenters. The Morgan fingerprint density at radius 1 is 0.950 bits per heavy atom. The molecule has 0 spiro atoms. The fraction of sp³-hybridized carbons (Fsp3) is 0.684. The molecule has 0 bridgehead atoms. The van der Waals surface area contributed by atoms with Crippen LogP contribution in [-0.2, 0) is 0 Å². The molecule has 1 N–H and O–H groups in total. The minimum absolute atomic E-state index is 0.596. The zero-order chi connectivity index (χ0) is 15.0. The number of allylic oxidation sites excluding steroid dienone is 5. The first-order chi connectivity index (χ1) is 9.65. The van der Waals surface area contributed by atoms with Gasteiger partial charge in [0.2, 0.25) is 0 Å². The van der Waals surface area contributed by atoms with Crippen LogP contribution >= 0.6 is 0 Å². The maximum Gasteiger partial charge on any atom is 0.0998 e. The number of unbranched alkanes of at least 4 members (excludes halogenated alkanes) is 3. The molecule has 0 heterocycles. The summed E-state index contributed by atoms with van der Waals surface area (Å²) >= 11 is 0. The standard InChI is InChI=1S/C19H32O/c1-5-8-11-16-14-19(20)15(4)17(12-9-6-2)18(16)13-10-7-3/h11,20H,5-10,12-14H2,1-4H3. The van der Waals surface area contributed by atoms with Crippen molar-refractivity contribution in [1.82, 2.24) is 0 Å². The number of hydrogen-bond acceptors (Lipinski definition) is 1. The maximum absolute atomic E-state index is 10.3. The number of aliphatic hydroxyl groups excluding tert-OH is 1. The molecule has 0 aromatic rings. The molecule has 20 heavy (non-hydrogen) atoms. The van der Waals surface area contributed by atoms with Gasteiger partial charge in [0.25, 0.3) is 0 Å². The summed E-state index contributed by atoms with van der Waals surface area (Å²) in [4.78, 5) is 0. The fourth-order valence-electron chi connectivity index (χ4n) is 2.88. The molecule has 0 saturated carbocycles. The Hall–Kier alpha value is -0.980. The van der Waals surface area contributed by atoms with Crippen molar-refractivity contribution < 1.29 is 5.11 Å². The highest BCUT2D eigenvalue weighted by molar-refractivity contribution is 5.51. The lowest BCUT2D eigenvalue weighted by Gasteiger charge is -2.25. The van der Waals surface area contributed by atoms with Crippen LogP contribution in [0.4, 0.5) is 0 Å². The molecule has 0 atom stereocenters.